The number of benzene rings is 2. The fourth-order valence-electron chi connectivity index (χ4n) is 6.03. The van der Waals surface area contributed by atoms with E-state index in [1.165, 1.54) is 12.1 Å². The lowest BCUT2D eigenvalue weighted by Crippen LogP contribution is -2.60. The van der Waals surface area contributed by atoms with Crippen LogP contribution >= 0.6 is 11.8 Å². The number of nitrogens with zero attached hydrogens (tertiary/aromatic N) is 4. The second-order valence-electron chi connectivity index (χ2n) is 12.1. The molecular weight excluding hydrogens is 562 g/mol. The van der Waals surface area contributed by atoms with Crippen molar-refractivity contribution >= 4 is 34.6 Å². The van der Waals surface area contributed by atoms with E-state index in [0.717, 1.165) is 21.9 Å². The van der Waals surface area contributed by atoms with Crippen molar-refractivity contribution in [2.24, 2.45) is 0 Å². The Balaban J connectivity index is 1.66. The number of ether oxygens (including phenoxy) is 2. The molecule has 0 unspecified atom stereocenters. The van der Waals surface area contributed by atoms with Crippen LogP contribution in [0, 0.1) is 18.6 Å². The fraction of sp³-hybridized carbons (Fsp3) is 0.516. The largest absolute Gasteiger partial charge is 0.444 e. The van der Waals surface area contributed by atoms with Crippen molar-refractivity contribution in [1.29, 1.82) is 0 Å². The Bertz CT molecular complexity index is 1580. The number of rotatable bonds is 5. The lowest BCUT2D eigenvalue weighted by Gasteiger charge is -2.45. The number of thioether (sulfide) groups is 1. The third-order valence-corrected chi connectivity index (χ3v) is 8.90. The highest BCUT2D eigenvalue weighted by Crippen LogP contribution is 2.46. The molecule has 42 heavy (non-hydrogen) atoms. The molecule has 2 aliphatic heterocycles. The summed E-state index contributed by atoms with van der Waals surface area (Å²) >= 11 is 1.55. The summed E-state index contributed by atoms with van der Waals surface area (Å²) in [6.45, 7) is 15.0. The Kier molecular flexibility index (Phi) is 8.28. The molecule has 0 spiro atoms. The van der Waals surface area contributed by atoms with E-state index in [1.54, 1.807) is 21.2 Å². The molecule has 0 saturated carbocycles. The number of piperazine rings is 1. The molecule has 1 fully saturated rings. The first kappa shape index (κ1) is 30.3. The van der Waals surface area contributed by atoms with Gasteiger partial charge in [0.15, 0.2) is 0 Å². The van der Waals surface area contributed by atoms with Crippen molar-refractivity contribution in [1.82, 2.24) is 14.5 Å². The standard InChI is InChI=1S/C31H38F2N4O4S/c1-8-40-15-21-16-42-27-25(22-10-9-20(32)12-24(22)33)17(2)11-23-26(27)37(21)29(38)34-28(23)35-13-18(3)36(19(4)14-35)30(39)41-31(5,6)7/h9-12,18-19,21H,8,13-16H2,1-7H3/t18-,19+,21-/m0/s1. The van der Waals surface area contributed by atoms with Crippen molar-refractivity contribution in [3.8, 4) is 11.1 Å². The summed E-state index contributed by atoms with van der Waals surface area (Å²) < 4.78 is 42.0. The van der Waals surface area contributed by atoms with Crippen molar-refractivity contribution < 1.29 is 23.0 Å². The maximum absolute atomic E-state index is 15.1. The van der Waals surface area contributed by atoms with E-state index in [1.807, 2.05) is 54.5 Å². The van der Waals surface area contributed by atoms with E-state index in [4.69, 9.17) is 9.47 Å². The molecule has 0 radical (unpaired) electrons. The van der Waals surface area contributed by atoms with Gasteiger partial charge in [0.2, 0.25) is 0 Å². The van der Waals surface area contributed by atoms with Gasteiger partial charge in [0.05, 0.1) is 30.2 Å². The summed E-state index contributed by atoms with van der Waals surface area (Å²) in [5.41, 5.74) is 1.36. The van der Waals surface area contributed by atoms with Crippen LogP contribution in [0.2, 0.25) is 0 Å². The van der Waals surface area contributed by atoms with Gasteiger partial charge in [0.1, 0.15) is 23.1 Å². The van der Waals surface area contributed by atoms with Crippen molar-refractivity contribution in [2.75, 3.05) is 37.0 Å². The zero-order valence-corrected chi connectivity index (χ0v) is 26.0. The van der Waals surface area contributed by atoms with Gasteiger partial charge in [-0.2, -0.15) is 4.98 Å². The quantitative estimate of drug-likeness (QED) is 0.347. The number of aryl methyl sites for hydroxylation is 1. The van der Waals surface area contributed by atoms with Crippen LogP contribution in [0.3, 0.4) is 0 Å². The van der Waals surface area contributed by atoms with Crippen LogP contribution in [0.15, 0.2) is 34.0 Å². The molecule has 8 nitrogen and oxygen atoms in total. The monoisotopic (exact) mass is 600 g/mol. The normalized spacial score (nSPS) is 20.7. The van der Waals surface area contributed by atoms with E-state index in [0.29, 0.717) is 49.0 Å². The third-order valence-electron chi connectivity index (χ3n) is 7.66. The van der Waals surface area contributed by atoms with Gasteiger partial charge in [-0.15, -0.1) is 11.8 Å². The Morgan fingerprint density at radius 1 is 1.14 bits per heavy atom. The smallest absolute Gasteiger partial charge is 0.410 e. The summed E-state index contributed by atoms with van der Waals surface area (Å²) in [4.78, 5) is 36.0. The van der Waals surface area contributed by atoms with Crippen LogP contribution < -0.4 is 10.6 Å². The van der Waals surface area contributed by atoms with Crippen LogP contribution in [0.5, 0.6) is 0 Å². The molecular formula is C31H38F2N4O4S. The van der Waals surface area contributed by atoms with Gasteiger partial charge in [0, 0.05) is 52.9 Å². The average molecular weight is 601 g/mol. The number of amides is 1. The van der Waals surface area contributed by atoms with Gasteiger partial charge < -0.3 is 14.4 Å². The van der Waals surface area contributed by atoms with Crippen LogP contribution in [0.25, 0.3) is 22.0 Å². The first-order valence-corrected chi connectivity index (χ1v) is 15.3. The van der Waals surface area contributed by atoms with Crippen molar-refractivity contribution in [3.05, 3.63) is 51.9 Å². The second kappa shape index (κ2) is 11.5. The average Bonchev–Trinajstić information content (AvgIpc) is 2.88. The maximum Gasteiger partial charge on any atom is 0.410 e. The molecule has 3 atom stereocenters. The van der Waals surface area contributed by atoms with Crippen LogP contribution in [0.4, 0.5) is 19.4 Å². The number of carbonyl (C=O) groups is 1. The summed E-state index contributed by atoms with van der Waals surface area (Å²) in [5, 5.41) is 0.771. The van der Waals surface area contributed by atoms with Gasteiger partial charge in [-0.25, -0.2) is 18.4 Å². The molecule has 5 rings (SSSR count). The predicted octanol–water partition coefficient (Wildman–Crippen LogP) is 6.17. The molecule has 2 aliphatic rings. The Morgan fingerprint density at radius 2 is 1.83 bits per heavy atom. The summed E-state index contributed by atoms with van der Waals surface area (Å²) in [7, 11) is 0. The summed E-state index contributed by atoms with van der Waals surface area (Å²) in [5.74, 6) is -0.230. The van der Waals surface area contributed by atoms with E-state index >= 15 is 4.39 Å². The molecule has 3 aromatic rings. The minimum atomic E-state index is -0.658. The molecule has 3 heterocycles. The van der Waals surface area contributed by atoms with Crippen LogP contribution in [-0.4, -0.2) is 70.3 Å². The number of anilines is 1. The molecule has 226 valence electrons. The first-order valence-electron chi connectivity index (χ1n) is 14.3. The molecule has 1 aromatic heterocycles. The topological polar surface area (TPSA) is 76.9 Å². The second-order valence-corrected chi connectivity index (χ2v) is 13.2. The minimum absolute atomic E-state index is 0.205. The highest BCUT2D eigenvalue weighted by Gasteiger charge is 2.38. The Hall–Kier alpha value is -3.18. The summed E-state index contributed by atoms with van der Waals surface area (Å²) in [6, 6.07) is 4.86. The van der Waals surface area contributed by atoms with Crippen molar-refractivity contribution in [2.45, 2.75) is 77.1 Å². The molecule has 1 saturated heterocycles. The lowest BCUT2D eigenvalue weighted by atomic mass is 9.96. The molecule has 11 heteroatoms. The third kappa shape index (κ3) is 5.60. The van der Waals surface area contributed by atoms with Gasteiger partial charge in [0.25, 0.3) is 0 Å². The Morgan fingerprint density at radius 3 is 2.45 bits per heavy atom. The van der Waals surface area contributed by atoms with E-state index in [2.05, 4.69) is 9.88 Å². The van der Waals surface area contributed by atoms with Crippen LogP contribution in [-0.2, 0) is 9.47 Å². The number of aromatic nitrogens is 2. The molecule has 0 aliphatic carbocycles. The SMILES string of the molecule is CCOC[C@H]1CSc2c(-c3ccc(F)cc3F)c(C)cc3c(N4C[C@@H](C)N(C(=O)OC(C)(C)C)[C@@H](C)C4)nc(=O)n1c23. The lowest BCUT2D eigenvalue weighted by molar-refractivity contribution is 0.00561. The predicted molar refractivity (Wildman–Crippen MR) is 162 cm³/mol. The van der Waals surface area contributed by atoms with Crippen LogP contribution in [0.1, 0.15) is 53.1 Å². The molecule has 0 N–H and O–H groups in total. The highest BCUT2D eigenvalue weighted by molar-refractivity contribution is 7.99. The molecule has 2 aromatic carbocycles. The number of halogens is 2. The number of hydrogen-bond acceptors (Lipinski definition) is 7. The summed E-state index contributed by atoms with van der Waals surface area (Å²) in [6.07, 6.45) is -0.371. The maximum atomic E-state index is 15.1. The van der Waals surface area contributed by atoms with Gasteiger partial charge in [-0.1, -0.05) is 0 Å². The molecule has 0 bridgehead atoms. The first-order chi connectivity index (χ1) is 19.8. The van der Waals surface area contributed by atoms with Gasteiger partial charge in [-0.3, -0.25) is 9.47 Å². The Labute approximate surface area is 249 Å². The van der Waals surface area contributed by atoms with E-state index in [-0.39, 0.29) is 29.8 Å². The number of carbonyl (C=O) groups excluding carboxylic acids is 1. The van der Waals surface area contributed by atoms with E-state index in [9.17, 15) is 14.0 Å². The highest BCUT2D eigenvalue weighted by atomic mass is 32.2. The van der Waals surface area contributed by atoms with Crippen molar-refractivity contribution in [3.63, 3.8) is 0 Å². The fourth-order valence-corrected chi connectivity index (χ4v) is 7.40. The zero-order chi connectivity index (χ0) is 30.5. The minimum Gasteiger partial charge on any atom is -0.444 e. The van der Waals surface area contributed by atoms with E-state index < -0.39 is 22.9 Å². The molecule has 1 amide bonds. The zero-order valence-electron chi connectivity index (χ0n) is 25.2. The van der Waals surface area contributed by atoms with Gasteiger partial charge >= 0.3 is 11.8 Å². The van der Waals surface area contributed by atoms with Gasteiger partial charge in [-0.05, 0) is 72.2 Å². The number of hydrogen-bond donors (Lipinski definition) is 0.